The van der Waals surface area contributed by atoms with E-state index in [9.17, 15) is 20.0 Å². The number of rotatable bonds is 4. The molecule has 2 unspecified atom stereocenters. The molecule has 1 aromatic carbocycles. The Labute approximate surface area is 90.3 Å². The molecule has 0 amide bonds. The molecule has 0 spiro atoms. The van der Waals surface area contributed by atoms with Crippen LogP contribution >= 0.6 is 0 Å². The average molecular weight is 226 g/mol. The van der Waals surface area contributed by atoms with Gasteiger partial charge in [-0.2, -0.15) is 0 Å². The van der Waals surface area contributed by atoms with Gasteiger partial charge in [-0.1, -0.05) is 12.1 Å². The van der Waals surface area contributed by atoms with Gasteiger partial charge in [0.05, 0.1) is 10.5 Å². The van der Waals surface area contributed by atoms with Crippen molar-refractivity contribution in [1.82, 2.24) is 0 Å². The first-order valence-corrected chi connectivity index (χ1v) is 4.35. The van der Waals surface area contributed by atoms with Gasteiger partial charge in [0.2, 0.25) is 0 Å². The average Bonchev–Trinajstić information content (AvgIpc) is 2.26. The minimum Gasteiger partial charge on any atom is -0.480 e. The molecule has 86 valence electrons. The maximum absolute atomic E-state index is 10.6. The highest BCUT2D eigenvalue weighted by Crippen LogP contribution is 2.26. The summed E-state index contributed by atoms with van der Waals surface area (Å²) in [6.07, 6.45) is -1.61. The van der Waals surface area contributed by atoms with Crippen LogP contribution in [0, 0.1) is 10.1 Å². The Morgan fingerprint density at radius 3 is 2.50 bits per heavy atom. The number of nitro groups is 1. The van der Waals surface area contributed by atoms with Crippen molar-refractivity contribution in [2.24, 2.45) is 5.73 Å². The molecule has 1 aromatic rings. The van der Waals surface area contributed by atoms with E-state index in [0.29, 0.717) is 0 Å². The number of carboxylic acid groups (broad SMARTS) is 1. The highest BCUT2D eigenvalue weighted by molar-refractivity contribution is 5.74. The number of aliphatic hydroxyl groups excluding tert-OH is 1. The molecule has 0 aromatic heterocycles. The van der Waals surface area contributed by atoms with Gasteiger partial charge in [-0.3, -0.25) is 14.9 Å². The molecule has 7 nitrogen and oxygen atoms in total. The molecule has 0 saturated carbocycles. The first-order valence-electron chi connectivity index (χ1n) is 4.35. The van der Waals surface area contributed by atoms with E-state index in [1.807, 2.05) is 0 Å². The number of aliphatic carboxylic acids is 1. The second-order valence-electron chi connectivity index (χ2n) is 3.12. The Morgan fingerprint density at radius 1 is 1.44 bits per heavy atom. The van der Waals surface area contributed by atoms with E-state index in [1.54, 1.807) is 0 Å². The van der Waals surface area contributed by atoms with Gasteiger partial charge in [-0.25, -0.2) is 0 Å². The number of nitrogens with zero attached hydrogens (tertiary/aromatic N) is 1. The van der Waals surface area contributed by atoms with E-state index in [2.05, 4.69) is 0 Å². The smallest absolute Gasteiger partial charge is 0.323 e. The van der Waals surface area contributed by atoms with Crippen LogP contribution in [0.4, 0.5) is 5.69 Å². The lowest BCUT2D eigenvalue weighted by atomic mass is 10.0. The number of carbonyl (C=O) groups is 1. The first-order chi connectivity index (χ1) is 7.45. The monoisotopic (exact) mass is 226 g/mol. The van der Waals surface area contributed by atoms with Crippen molar-refractivity contribution < 1.29 is 19.9 Å². The Morgan fingerprint density at radius 2 is 2.00 bits per heavy atom. The Kier molecular flexibility index (Phi) is 3.54. The van der Waals surface area contributed by atoms with Crippen molar-refractivity contribution >= 4 is 11.7 Å². The molecule has 0 radical (unpaired) electrons. The summed E-state index contributed by atoms with van der Waals surface area (Å²) < 4.78 is 0. The zero-order valence-electron chi connectivity index (χ0n) is 8.11. The number of nitro benzene ring substituents is 1. The largest absolute Gasteiger partial charge is 0.480 e. The molecule has 0 heterocycles. The van der Waals surface area contributed by atoms with E-state index >= 15 is 0 Å². The molecule has 0 aliphatic carbocycles. The van der Waals surface area contributed by atoms with Gasteiger partial charge in [0.15, 0.2) is 0 Å². The molecule has 7 heteroatoms. The van der Waals surface area contributed by atoms with Crippen LogP contribution in [-0.2, 0) is 4.79 Å². The van der Waals surface area contributed by atoms with Gasteiger partial charge in [-0.15, -0.1) is 0 Å². The lowest BCUT2D eigenvalue weighted by molar-refractivity contribution is -0.386. The molecule has 0 fully saturated rings. The van der Waals surface area contributed by atoms with Crippen LogP contribution in [0.15, 0.2) is 24.3 Å². The van der Waals surface area contributed by atoms with Crippen LogP contribution in [0.25, 0.3) is 0 Å². The number of carboxylic acids is 1. The van der Waals surface area contributed by atoms with Crippen molar-refractivity contribution in [2.75, 3.05) is 0 Å². The molecule has 1 rings (SSSR count). The summed E-state index contributed by atoms with van der Waals surface area (Å²) in [4.78, 5) is 20.5. The maximum Gasteiger partial charge on any atom is 0.323 e. The van der Waals surface area contributed by atoms with Crippen molar-refractivity contribution in [3.8, 4) is 0 Å². The summed E-state index contributed by atoms with van der Waals surface area (Å²) in [5.74, 6) is -1.43. The third-order valence-corrected chi connectivity index (χ3v) is 2.08. The fraction of sp³-hybridized carbons (Fsp3) is 0.222. The van der Waals surface area contributed by atoms with Crippen molar-refractivity contribution in [1.29, 1.82) is 0 Å². The van der Waals surface area contributed by atoms with Crippen LogP contribution in [0.5, 0.6) is 0 Å². The van der Waals surface area contributed by atoms with E-state index < -0.39 is 23.0 Å². The normalized spacial score (nSPS) is 14.1. The van der Waals surface area contributed by atoms with Crippen molar-refractivity contribution in [2.45, 2.75) is 12.1 Å². The fourth-order valence-corrected chi connectivity index (χ4v) is 1.23. The molecule has 4 N–H and O–H groups in total. The number of para-hydroxylation sites is 1. The van der Waals surface area contributed by atoms with Crippen LogP contribution in [0.3, 0.4) is 0 Å². The predicted octanol–water partition coefficient (Wildman–Crippen LogP) is 0.0401. The van der Waals surface area contributed by atoms with Crippen molar-refractivity contribution in [3.63, 3.8) is 0 Å². The summed E-state index contributed by atoms with van der Waals surface area (Å²) in [5.41, 5.74) is 4.73. The molecule has 0 saturated heterocycles. The van der Waals surface area contributed by atoms with Crippen LogP contribution < -0.4 is 5.73 Å². The van der Waals surface area contributed by atoms with E-state index in [1.165, 1.54) is 24.3 Å². The number of benzene rings is 1. The Hall–Kier alpha value is -1.99. The molecule has 16 heavy (non-hydrogen) atoms. The van der Waals surface area contributed by atoms with E-state index in [-0.39, 0.29) is 11.3 Å². The molecule has 0 aliphatic heterocycles. The zero-order valence-corrected chi connectivity index (χ0v) is 8.11. The lowest BCUT2D eigenvalue weighted by Gasteiger charge is -2.14. The number of hydrogen-bond donors (Lipinski definition) is 3. The van der Waals surface area contributed by atoms with Gasteiger partial charge in [-0.05, 0) is 6.07 Å². The van der Waals surface area contributed by atoms with Crippen LogP contribution in [0.2, 0.25) is 0 Å². The summed E-state index contributed by atoms with van der Waals surface area (Å²) in [6, 6.07) is 3.72. The third-order valence-electron chi connectivity index (χ3n) is 2.08. The highest BCUT2D eigenvalue weighted by Gasteiger charge is 2.28. The van der Waals surface area contributed by atoms with Gasteiger partial charge >= 0.3 is 5.97 Å². The van der Waals surface area contributed by atoms with Crippen LogP contribution in [-0.4, -0.2) is 27.1 Å². The number of hydrogen-bond acceptors (Lipinski definition) is 5. The molecular weight excluding hydrogens is 216 g/mol. The van der Waals surface area contributed by atoms with Gasteiger partial charge in [0.1, 0.15) is 12.1 Å². The minimum atomic E-state index is -1.61. The summed E-state index contributed by atoms with van der Waals surface area (Å²) >= 11 is 0. The first kappa shape index (κ1) is 12.1. The predicted molar refractivity (Wildman–Crippen MR) is 53.7 cm³/mol. The highest BCUT2D eigenvalue weighted by atomic mass is 16.6. The standard InChI is InChI=1S/C9H10N2O5/c10-7(9(13)14)8(12)5-3-1-2-4-6(5)11(15)16/h1-4,7-8,12H,10H2,(H,13,14). The SMILES string of the molecule is NC(C(=O)O)C(O)c1ccccc1[N+](=O)[O-]. The minimum absolute atomic E-state index is 0.109. The quantitative estimate of drug-likeness (QED) is 0.491. The van der Waals surface area contributed by atoms with Crippen molar-refractivity contribution in [3.05, 3.63) is 39.9 Å². The number of nitrogens with two attached hydrogens (primary N) is 1. The number of aliphatic hydroxyl groups is 1. The molecule has 0 aliphatic rings. The third kappa shape index (κ3) is 2.33. The lowest BCUT2D eigenvalue weighted by Crippen LogP contribution is -2.36. The second-order valence-corrected chi connectivity index (χ2v) is 3.12. The molecular formula is C9H10N2O5. The molecule has 0 bridgehead atoms. The summed E-state index contributed by atoms with van der Waals surface area (Å²) in [7, 11) is 0. The summed E-state index contributed by atoms with van der Waals surface area (Å²) in [5, 5.41) is 28.8. The van der Waals surface area contributed by atoms with Crippen LogP contribution in [0.1, 0.15) is 11.7 Å². The zero-order chi connectivity index (χ0) is 12.3. The van der Waals surface area contributed by atoms with Gasteiger partial charge in [0.25, 0.3) is 5.69 Å². The molecule has 2 atom stereocenters. The fourth-order valence-electron chi connectivity index (χ4n) is 1.23. The Bertz CT molecular complexity index is 420. The van der Waals surface area contributed by atoms with E-state index in [0.717, 1.165) is 0 Å². The maximum atomic E-state index is 10.6. The van der Waals surface area contributed by atoms with E-state index in [4.69, 9.17) is 10.8 Å². The summed E-state index contributed by atoms with van der Waals surface area (Å²) in [6.45, 7) is 0. The topological polar surface area (TPSA) is 127 Å². The second kappa shape index (κ2) is 4.69. The van der Waals surface area contributed by atoms with Gasteiger partial charge in [0, 0.05) is 6.07 Å². The Balaban J connectivity index is 3.12. The van der Waals surface area contributed by atoms with Gasteiger partial charge < -0.3 is 15.9 Å².